The molecule has 0 spiro atoms. The first-order chi connectivity index (χ1) is 8.49. The zero-order chi connectivity index (χ0) is 13.6. The lowest BCUT2D eigenvalue weighted by Gasteiger charge is -2.34. The van der Waals surface area contributed by atoms with Crippen LogP contribution in [-0.2, 0) is 9.84 Å². The lowest BCUT2D eigenvalue weighted by atomic mass is 10.2. The number of thioether (sulfide) groups is 1. The molecule has 0 saturated carbocycles. The number of rotatable bonds is 7. The van der Waals surface area contributed by atoms with Crippen LogP contribution in [0.2, 0.25) is 0 Å². The summed E-state index contributed by atoms with van der Waals surface area (Å²) in [5.74, 6) is 1.75. The van der Waals surface area contributed by atoms with E-state index in [0.29, 0.717) is 11.8 Å². The van der Waals surface area contributed by atoms with Gasteiger partial charge in [-0.2, -0.15) is 11.8 Å². The maximum atomic E-state index is 11.7. The third-order valence-corrected chi connectivity index (χ3v) is 6.19. The van der Waals surface area contributed by atoms with E-state index in [0.717, 1.165) is 38.2 Å². The van der Waals surface area contributed by atoms with Gasteiger partial charge < -0.3 is 5.32 Å². The molecule has 0 bridgehead atoms. The highest BCUT2D eigenvalue weighted by Gasteiger charge is 2.30. The first-order valence-electron chi connectivity index (χ1n) is 6.73. The van der Waals surface area contributed by atoms with Crippen molar-refractivity contribution >= 4 is 21.6 Å². The summed E-state index contributed by atoms with van der Waals surface area (Å²) in [5.41, 5.74) is 0. The molecule has 108 valence electrons. The summed E-state index contributed by atoms with van der Waals surface area (Å²) < 4.78 is 23.5. The van der Waals surface area contributed by atoms with Gasteiger partial charge in [-0.15, -0.1) is 0 Å². The molecule has 1 unspecified atom stereocenters. The summed E-state index contributed by atoms with van der Waals surface area (Å²) >= 11 is 1.74. The van der Waals surface area contributed by atoms with Crippen molar-refractivity contribution in [3.63, 3.8) is 0 Å². The van der Waals surface area contributed by atoms with Crippen molar-refractivity contribution in [1.29, 1.82) is 0 Å². The summed E-state index contributed by atoms with van der Waals surface area (Å²) in [6, 6.07) is 0.556. The van der Waals surface area contributed by atoms with Gasteiger partial charge in [-0.1, -0.05) is 13.8 Å². The molecule has 1 aliphatic rings. The number of nitrogens with zero attached hydrogens (tertiary/aromatic N) is 1. The van der Waals surface area contributed by atoms with E-state index >= 15 is 0 Å². The van der Waals surface area contributed by atoms with Crippen LogP contribution in [0, 0.1) is 0 Å². The highest BCUT2D eigenvalue weighted by Crippen LogP contribution is 2.19. The molecule has 1 saturated heterocycles. The molecule has 6 heteroatoms. The first kappa shape index (κ1) is 16.3. The Hall–Kier alpha value is 0.220. The Balaban J connectivity index is 2.43. The van der Waals surface area contributed by atoms with Gasteiger partial charge in [0, 0.05) is 43.4 Å². The van der Waals surface area contributed by atoms with Crippen LogP contribution in [0.15, 0.2) is 0 Å². The zero-order valence-electron chi connectivity index (χ0n) is 11.7. The maximum Gasteiger partial charge on any atom is 0.164 e. The van der Waals surface area contributed by atoms with Gasteiger partial charge in [0.25, 0.3) is 0 Å². The fourth-order valence-corrected chi connectivity index (χ4v) is 5.23. The van der Waals surface area contributed by atoms with E-state index in [1.165, 1.54) is 6.26 Å². The quantitative estimate of drug-likeness (QED) is 0.764. The molecule has 0 amide bonds. The van der Waals surface area contributed by atoms with Crippen LogP contribution >= 0.6 is 11.8 Å². The predicted octanol–water partition coefficient (Wildman–Crippen LogP) is 1.18. The number of hydrogen-bond acceptors (Lipinski definition) is 5. The Morgan fingerprint density at radius 1 is 1.39 bits per heavy atom. The van der Waals surface area contributed by atoms with Gasteiger partial charge >= 0.3 is 0 Å². The molecule has 1 fully saturated rings. The first-order valence-corrected chi connectivity index (χ1v) is 9.84. The van der Waals surface area contributed by atoms with E-state index in [2.05, 4.69) is 24.1 Å². The summed E-state index contributed by atoms with van der Waals surface area (Å²) in [4.78, 5) is 2.11. The standard InChI is InChI=1S/C12H26N2O2S2/c1-4-11(5-2)13-6-7-14-8-9-17-10-12(14)18(3,15)16/h11-13H,4-10H2,1-3H3. The normalized spacial score (nSPS) is 22.6. The predicted molar refractivity (Wildman–Crippen MR) is 79.9 cm³/mol. The van der Waals surface area contributed by atoms with Crippen LogP contribution in [0.25, 0.3) is 0 Å². The summed E-state index contributed by atoms with van der Waals surface area (Å²) in [6.45, 7) is 6.95. The molecule has 0 aromatic carbocycles. The van der Waals surface area contributed by atoms with Crippen molar-refractivity contribution in [2.75, 3.05) is 37.4 Å². The monoisotopic (exact) mass is 294 g/mol. The van der Waals surface area contributed by atoms with Gasteiger partial charge in [0.1, 0.15) is 5.37 Å². The van der Waals surface area contributed by atoms with Crippen LogP contribution in [0.4, 0.5) is 0 Å². The molecule has 0 aliphatic carbocycles. The van der Waals surface area contributed by atoms with Crippen LogP contribution < -0.4 is 5.32 Å². The molecule has 1 rings (SSSR count). The lowest BCUT2D eigenvalue weighted by molar-refractivity contribution is 0.264. The topological polar surface area (TPSA) is 49.4 Å². The van der Waals surface area contributed by atoms with Gasteiger partial charge in [0.15, 0.2) is 9.84 Å². The van der Waals surface area contributed by atoms with Gasteiger partial charge in [-0.3, -0.25) is 4.90 Å². The Kier molecular flexibility index (Phi) is 6.98. The second-order valence-electron chi connectivity index (χ2n) is 4.86. The third-order valence-electron chi connectivity index (χ3n) is 3.50. The van der Waals surface area contributed by atoms with Crippen molar-refractivity contribution in [1.82, 2.24) is 10.2 Å². The minimum absolute atomic E-state index is 0.292. The molecule has 1 N–H and O–H groups in total. The largest absolute Gasteiger partial charge is 0.313 e. The van der Waals surface area contributed by atoms with E-state index in [1.54, 1.807) is 11.8 Å². The third kappa shape index (κ3) is 5.07. The minimum atomic E-state index is -2.96. The molecule has 1 heterocycles. The highest BCUT2D eigenvalue weighted by molar-refractivity contribution is 8.00. The molecule has 4 nitrogen and oxygen atoms in total. The van der Waals surface area contributed by atoms with E-state index in [1.807, 2.05) is 0 Å². The highest BCUT2D eigenvalue weighted by atomic mass is 32.2. The van der Waals surface area contributed by atoms with Crippen molar-refractivity contribution in [3.05, 3.63) is 0 Å². The number of sulfone groups is 1. The fourth-order valence-electron chi connectivity index (χ4n) is 2.26. The molecule has 0 radical (unpaired) electrons. The van der Waals surface area contributed by atoms with Gasteiger partial charge in [0.05, 0.1) is 0 Å². The SMILES string of the molecule is CCC(CC)NCCN1CCSCC1S(C)(=O)=O. The fraction of sp³-hybridized carbons (Fsp3) is 1.00. The Morgan fingerprint density at radius 2 is 2.06 bits per heavy atom. The van der Waals surface area contributed by atoms with Crippen LogP contribution in [0.3, 0.4) is 0 Å². The maximum absolute atomic E-state index is 11.7. The van der Waals surface area contributed by atoms with Crippen molar-refractivity contribution < 1.29 is 8.42 Å². The molecular weight excluding hydrogens is 268 g/mol. The zero-order valence-corrected chi connectivity index (χ0v) is 13.3. The van der Waals surface area contributed by atoms with Crippen molar-refractivity contribution in [3.8, 4) is 0 Å². The molecular formula is C12H26N2O2S2. The van der Waals surface area contributed by atoms with Crippen molar-refractivity contribution in [2.45, 2.75) is 38.1 Å². The summed E-state index contributed by atoms with van der Waals surface area (Å²) in [7, 11) is -2.96. The van der Waals surface area contributed by atoms with Crippen LogP contribution in [-0.4, -0.2) is 62.1 Å². The van der Waals surface area contributed by atoms with E-state index in [-0.39, 0.29) is 5.37 Å². The average molecular weight is 294 g/mol. The van der Waals surface area contributed by atoms with Gasteiger partial charge in [0.2, 0.25) is 0 Å². The summed E-state index contributed by atoms with van der Waals surface area (Å²) in [6.07, 6.45) is 3.61. The van der Waals surface area contributed by atoms with E-state index < -0.39 is 9.84 Å². The molecule has 18 heavy (non-hydrogen) atoms. The molecule has 0 aromatic rings. The van der Waals surface area contributed by atoms with Gasteiger partial charge in [-0.05, 0) is 12.8 Å². The lowest BCUT2D eigenvalue weighted by Crippen LogP contribution is -2.49. The Morgan fingerprint density at radius 3 is 2.61 bits per heavy atom. The number of nitrogens with one attached hydrogen (secondary N) is 1. The van der Waals surface area contributed by atoms with Gasteiger partial charge in [-0.25, -0.2) is 8.42 Å². The second-order valence-corrected chi connectivity index (χ2v) is 8.22. The van der Waals surface area contributed by atoms with E-state index in [4.69, 9.17) is 0 Å². The molecule has 1 atom stereocenters. The average Bonchev–Trinajstić information content (AvgIpc) is 2.34. The minimum Gasteiger partial charge on any atom is -0.313 e. The van der Waals surface area contributed by atoms with E-state index in [9.17, 15) is 8.42 Å². The van der Waals surface area contributed by atoms with Crippen molar-refractivity contribution in [2.24, 2.45) is 0 Å². The Bertz CT molecular complexity index is 329. The van der Waals surface area contributed by atoms with Crippen LogP contribution in [0.5, 0.6) is 0 Å². The second kappa shape index (κ2) is 7.72. The summed E-state index contributed by atoms with van der Waals surface area (Å²) in [5, 5.41) is 3.20. The molecule has 0 aromatic heterocycles. The van der Waals surface area contributed by atoms with Crippen LogP contribution in [0.1, 0.15) is 26.7 Å². The Labute approximate surface area is 116 Å². The number of hydrogen-bond donors (Lipinski definition) is 1. The molecule has 1 aliphatic heterocycles. The smallest absolute Gasteiger partial charge is 0.164 e.